The molecule has 0 heterocycles. The summed E-state index contributed by atoms with van der Waals surface area (Å²) >= 11 is 4.59. The van der Waals surface area contributed by atoms with Gasteiger partial charge in [0.1, 0.15) is 4.99 Å². The zero-order valence-electron chi connectivity index (χ0n) is 8.61. The van der Waals surface area contributed by atoms with Gasteiger partial charge in [0.2, 0.25) is 5.40 Å². The highest BCUT2D eigenvalue weighted by atomic mass is 32.1. The largest absolute Gasteiger partial charge is 0.378 e. The van der Waals surface area contributed by atoms with Crippen molar-refractivity contribution in [2.24, 2.45) is 0 Å². The van der Waals surface area contributed by atoms with Crippen molar-refractivity contribution in [3.8, 4) is 0 Å². The van der Waals surface area contributed by atoms with Crippen molar-refractivity contribution in [3.63, 3.8) is 0 Å². The average Bonchev–Trinajstić information content (AvgIpc) is 1.98. The summed E-state index contributed by atoms with van der Waals surface area (Å²) in [6.45, 7) is 2.22. The number of thiocarbonyl (C=S) groups is 1. The molecule has 0 unspecified atom stereocenters. The molecule has 0 aliphatic rings. The minimum atomic E-state index is -4.97. The first-order chi connectivity index (χ1) is 7.10. The quantitative estimate of drug-likeness (QED) is 0.270. The Morgan fingerprint density at radius 1 is 1.25 bits per heavy atom. The molecule has 0 amide bonds. The molecule has 0 aliphatic carbocycles. The van der Waals surface area contributed by atoms with Gasteiger partial charge in [-0.2, -0.15) is 0 Å². The molecule has 0 aromatic carbocycles. The first kappa shape index (κ1) is 16.2. The molecule has 0 bridgehead atoms. The third kappa shape index (κ3) is 5.50. The second-order valence-corrected chi connectivity index (χ2v) is 7.43. The highest BCUT2D eigenvalue weighted by Gasteiger charge is 2.46. The fraction of sp³-hybridized carbons (Fsp3) is 0.833. The zero-order valence-corrected chi connectivity index (χ0v) is 11.2. The molecule has 0 rings (SSSR count). The minimum Gasteiger partial charge on any atom is -0.378 e. The summed E-state index contributed by atoms with van der Waals surface area (Å²) in [5.74, 6) is 0. The van der Waals surface area contributed by atoms with E-state index in [0.29, 0.717) is 13.0 Å². The van der Waals surface area contributed by atoms with E-state index in [2.05, 4.69) is 17.5 Å². The van der Waals surface area contributed by atoms with Crippen molar-refractivity contribution >= 4 is 32.4 Å². The predicted molar refractivity (Wildman–Crippen MR) is 63.4 cm³/mol. The van der Waals surface area contributed by atoms with Crippen molar-refractivity contribution in [2.75, 3.05) is 6.54 Å². The van der Waals surface area contributed by atoms with Gasteiger partial charge in [-0.25, -0.2) is 0 Å². The molecule has 5 N–H and O–H groups in total. The zero-order chi connectivity index (χ0) is 13.0. The first-order valence-electron chi connectivity index (χ1n) is 4.49. The van der Waals surface area contributed by atoms with E-state index >= 15 is 0 Å². The van der Waals surface area contributed by atoms with E-state index in [-0.39, 0.29) is 0 Å². The van der Waals surface area contributed by atoms with Crippen LogP contribution in [0, 0.1) is 0 Å². The van der Waals surface area contributed by atoms with Crippen LogP contribution in [-0.2, 0) is 9.13 Å². The molecule has 0 saturated heterocycles. The SMILES string of the molecule is CCCCNC(=S)C(P(=O)(O)O)P(=O)(O)O. The Morgan fingerprint density at radius 3 is 2.00 bits per heavy atom. The van der Waals surface area contributed by atoms with E-state index in [1.165, 1.54) is 0 Å². The van der Waals surface area contributed by atoms with Gasteiger partial charge in [0, 0.05) is 6.54 Å². The molecule has 0 aliphatic heterocycles. The van der Waals surface area contributed by atoms with E-state index in [1.807, 2.05) is 6.92 Å². The lowest BCUT2D eigenvalue weighted by Crippen LogP contribution is -2.33. The molecule has 0 radical (unpaired) electrons. The molecular formula is C6H15NO6P2S. The summed E-state index contributed by atoms with van der Waals surface area (Å²) in [4.78, 5) is 34.8. The summed E-state index contributed by atoms with van der Waals surface area (Å²) in [5.41, 5.74) is 0. The number of hydrogen-bond acceptors (Lipinski definition) is 3. The summed E-state index contributed by atoms with van der Waals surface area (Å²) in [6.07, 6.45) is 1.52. The van der Waals surface area contributed by atoms with Gasteiger partial charge >= 0.3 is 15.2 Å². The van der Waals surface area contributed by atoms with Crippen molar-refractivity contribution in [2.45, 2.75) is 25.2 Å². The Hall–Kier alpha value is 0.190. The second-order valence-electron chi connectivity index (χ2n) is 3.20. The standard InChI is InChI=1S/C6H15NO6P2S/c1-2-3-4-7-5(16)6(14(8,9)10)15(11,12)13/h6H,2-4H2,1H3,(H,7,16)(H2,8,9,10)(H2,11,12,13). The monoisotopic (exact) mass is 291 g/mol. The molecule has 0 aromatic heterocycles. The Balaban J connectivity index is 4.75. The van der Waals surface area contributed by atoms with Crippen LogP contribution in [0.5, 0.6) is 0 Å². The maximum absolute atomic E-state index is 10.9. The van der Waals surface area contributed by atoms with Crippen LogP contribution in [0.3, 0.4) is 0 Å². The van der Waals surface area contributed by atoms with Crippen molar-refractivity contribution < 1.29 is 28.7 Å². The summed E-state index contributed by atoms with van der Waals surface area (Å²) in [6, 6.07) is 0. The van der Waals surface area contributed by atoms with Gasteiger partial charge in [-0.15, -0.1) is 0 Å². The van der Waals surface area contributed by atoms with Gasteiger partial charge in [-0.05, 0) is 6.42 Å². The van der Waals surface area contributed by atoms with Gasteiger partial charge in [-0.3, -0.25) is 9.13 Å². The Bertz CT molecular complexity index is 314. The van der Waals surface area contributed by atoms with Crippen LogP contribution >= 0.6 is 27.4 Å². The third-order valence-electron chi connectivity index (χ3n) is 1.70. The van der Waals surface area contributed by atoms with Gasteiger partial charge < -0.3 is 24.9 Å². The normalized spacial score (nSPS) is 12.9. The van der Waals surface area contributed by atoms with Crippen LogP contribution in [0.4, 0.5) is 0 Å². The molecule has 0 fully saturated rings. The highest BCUT2D eigenvalue weighted by Crippen LogP contribution is 2.60. The summed E-state index contributed by atoms with van der Waals surface area (Å²) in [7, 11) is -9.94. The van der Waals surface area contributed by atoms with Crippen LogP contribution < -0.4 is 5.32 Å². The number of nitrogens with one attached hydrogen (secondary N) is 1. The van der Waals surface area contributed by atoms with E-state index in [1.54, 1.807) is 0 Å². The van der Waals surface area contributed by atoms with Gasteiger partial charge in [0.25, 0.3) is 0 Å². The average molecular weight is 291 g/mol. The molecule has 0 spiro atoms. The van der Waals surface area contributed by atoms with E-state index in [9.17, 15) is 9.13 Å². The Labute approximate surface area is 98.6 Å². The van der Waals surface area contributed by atoms with Crippen LogP contribution in [0.25, 0.3) is 0 Å². The van der Waals surface area contributed by atoms with Crippen LogP contribution in [-0.4, -0.2) is 36.5 Å². The van der Waals surface area contributed by atoms with Crippen LogP contribution in [0.15, 0.2) is 0 Å². The molecule has 0 atom stereocenters. The summed E-state index contributed by atoms with van der Waals surface area (Å²) < 4.78 is 21.9. The number of hydrogen-bond donors (Lipinski definition) is 5. The maximum atomic E-state index is 10.9. The van der Waals surface area contributed by atoms with Crippen molar-refractivity contribution in [1.82, 2.24) is 5.32 Å². The van der Waals surface area contributed by atoms with E-state index in [0.717, 1.165) is 6.42 Å². The molecule has 96 valence electrons. The predicted octanol–water partition coefficient (Wildman–Crippen LogP) is 0.385. The Morgan fingerprint density at radius 2 is 1.69 bits per heavy atom. The molecule has 0 aromatic rings. The van der Waals surface area contributed by atoms with Crippen LogP contribution in [0.1, 0.15) is 19.8 Å². The van der Waals surface area contributed by atoms with Gasteiger partial charge in [0.15, 0.2) is 0 Å². The van der Waals surface area contributed by atoms with Gasteiger partial charge in [-0.1, -0.05) is 25.6 Å². The molecule has 10 heteroatoms. The Kier molecular flexibility index (Phi) is 6.29. The lowest BCUT2D eigenvalue weighted by molar-refractivity contribution is 0.349. The summed E-state index contributed by atoms with van der Waals surface area (Å²) in [5, 5.41) is 0.200. The highest BCUT2D eigenvalue weighted by molar-refractivity contribution is 7.84. The molecule has 16 heavy (non-hydrogen) atoms. The number of rotatable bonds is 6. The molecule has 7 nitrogen and oxygen atoms in total. The fourth-order valence-corrected chi connectivity index (χ4v) is 4.27. The smallest absolute Gasteiger partial charge is 0.347 e. The fourth-order valence-electron chi connectivity index (χ4n) is 0.981. The number of unbranched alkanes of at least 4 members (excludes halogenated alkanes) is 1. The molecule has 0 saturated carbocycles. The molecular weight excluding hydrogens is 276 g/mol. The third-order valence-corrected chi connectivity index (χ3v) is 6.03. The topological polar surface area (TPSA) is 127 Å². The van der Waals surface area contributed by atoms with E-state index < -0.39 is 25.6 Å². The van der Waals surface area contributed by atoms with E-state index in [4.69, 9.17) is 19.6 Å². The van der Waals surface area contributed by atoms with Gasteiger partial charge in [0.05, 0.1) is 0 Å². The second kappa shape index (κ2) is 6.21. The van der Waals surface area contributed by atoms with Crippen molar-refractivity contribution in [3.05, 3.63) is 0 Å². The minimum absolute atomic E-state index is 0.325. The van der Waals surface area contributed by atoms with Crippen molar-refractivity contribution in [1.29, 1.82) is 0 Å². The first-order valence-corrected chi connectivity index (χ1v) is 8.26. The lowest BCUT2D eigenvalue weighted by atomic mass is 10.3. The van der Waals surface area contributed by atoms with Crippen LogP contribution in [0.2, 0.25) is 0 Å². The maximum Gasteiger partial charge on any atom is 0.347 e. The lowest BCUT2D eigenvalue weighted by Gasteiger charge is -2.21.